The molecule has 19 heavy (non-hydrogen) atoms. The summed E-state index contributed by atoms with van der Waals surface area (Å²) in [6.45, 7) is 5.46. The number of ether oxygens (including phenoxy) is 1. The van der Waals surface area contributed by atoms with Gasteiger partial charge in [-0.05, 0) is 38.1 Å². The minimum absolute atomic E-state index is 0.350. The van der Waals surface area contributed by atoms with Gasteiger partial charge in [-0.25, -0.2) is 0 Å². The topological polar surface area (TPSA) is 60.2 Å². The van der Waals surface area contributed by atoms with Crippen LogP contribution in [0.25, 0.3) is 0 Å². The number of likely N-dealkylation sites (N-methyl/N-ethyl adjacent to an activating group) is 1. The molecular weight excluding hydrogens is 242 g/mol. The van der Waals surface area contributed by atoms with E-state index in [4.69, 9.17) is 9.26 Å². The van der Waals surface area contributed by atoms with E-state index in [9.17, 15) is 0 Å². The minimum Gasteiger partial charge on any atom is -0.370 e. The van der Waals surface area contributed by atoms with Crippen LogP contribution in [0.3, 0.4) is 0 Å². The molecule has 0 atom stereocenters. The Morgan fingerprint density at radius 2 is 1.95 bits per heavy atom. The summed E-state index contributed by atoms with van der Waals surface area (Å²) in [6.07, 6.45) is 4.93. The number of nitrogens with one attached hydrogen (secondary N) is 1. The third-order valence-electron chi connectivity index (χ3n) is 4.27. The van der Waals surface area contributed by atoms with E-state index in [1.54, 1.807) is 7.11 Å². The molecule has 2 rings (SSSR count). The molecule has 1 aromatic heterocycles. The highest BCUT2D eigenvalue weighted by molar-refractivity contribution is 5.05. The normalized spacial score (nSPS) is 21.5. The first-order chi connectivity index (χ1) is 9.01. The molecule has 5 heteroatoms. The van der Waals surface area contributed by atoms with Gasteiger partial charge in [0.05, 0.1) is 0 Å². The van der Waals surface area contributed by atoms with Crippen LogP contribution in [-0.2, 0) is 16.8 Å². The van der Waals surface area contributed by atoms with Gasteiger partial charge >= 0.3 is 0 Å². The predicted octanol–water partition coefficient (Wildman–Crippen LogP) is 2.27. The van der Waals surface area contributed by atoms with Crippen LogP contribution in [0.2, 0.25) is 0 Å². The number of aromatic nitrogens is 2. The van der Waals surface area contributed by atoms with Gasteiger partial charge in [0.2, 0.25) is 11.7 Å². The fraction of sp³-hybridized carbons (Fsp3) is 0.857. The van der Waals surface area contributed by atoms with Gasteiger partial charge in [0.15, 0.2) is 0 Å². The summed E-state index contributed by atoms with van der Waals surface area (Å²) in [5, 5.41) is 7.22. The molecule has 0 saturated heterocycles. The first kappa shape index (κ1) is 14.5. The van der Waals surface area contributed by atoms with Crippen LogP contribution in [0.4, 0.5) is 0 Å². The molecule has 0 bridgehead atoms. The van der Waals surface area contributed by atoms with Gasteiger partial charge in [-0.2, -0.15) is 4.98 Å². The molecule has 1 aliphatic rings. The molecule has 1 N–H and O–H groups in total. The Labute approximate surface area is 115 Å². The van der Waals surface area contributed by atoms with E-state index in [0.717, 1.165) is 44.5 Å². The molecule has 5 nitrogen and oxygen atoms in total. The first-order valence-electron chi connectivity index (χ1n) is 7.04. The van der Waals surface area contributed by atoms with Crippen LogP contribution >= 0.6 is 0 Å². The number of hydrogen-bond donors (Lipinski definition) is 1. The summed E-state index contributed by atoms with van der Waals surface area (Å²) in [5.74, 6) is 1.40. The number of hydrogen-bond acceptors (Lipinski definition) is 5. The molecule has 1 fully saturated rings. The van der Waals surface area contributed by atoms with Crippen molar-refractivity contribution in [3.05, 3.63) is 11.7 Å². The molecular formula is C14H25N3O2. The lowest BCUT2D eigenvalue weighted by molar-refractivity contribution is -0.0740. The summed E-state index contributed by atoms with van der Waals surface area (Å²) in [4.78, 5) is 4.52. The average Bonchev–Trinajstić information content (AvgIpc) is 2.86. The summed E-state index contributed by atoms with van der Waals surface area (Å²) in [6, 6.07) is 0. The number of methoxy groups -OCH3 is 1. The fourth-order valence-corrected chi connectivity index (χ4v) is 2.62. The van der Waals surface area contributed by atoms with E-state index in [1.807, 2.05) is 7.05 Å². The zero-order valence-electron chi connectivity index (χ0n) is 12.5. The van der Waals surface area contributed by atoms with Crippen LogP contribution in [-0.4, -0.2) is 30.8 Å². The molecule has 108 valence electrons. The zero-order valence-corrected chi connectivity index (χ0v) is 12.5. The van der Waals surface area contributed by atoms with Crippen molar-refractivity contribution in [2.45, 2.75) is 51.6 Å². The highest BCUT2D eigenvalue weighted by Crippen LogP contribution is 2.46. The Bertz CT molecular complexity index is 405. The second-order valence-electron chi connectivity index (χ2n) is 6.23. The maximum atomic E-state index is 5.78. The molecule has 0 aliphatic heterocycles. The lowest BCUT2D eigenvalue weighted by atomic mass is 9.70. The van der Waals surface area contributed by atoms with Crippen LogP contribution in [0, 0.1) is 5.41 Å². The number of rotatable bonds is 5. The third kappa shape index (κ3) is 3.15. The quantitative estimate of drug-likeness (QED) is 0.887. The monoisotopic (exact) mass is 267 g/mol. The molecule has 0 amide bonds. The predicted molar refractivity (Wildman–Crippen MR) is 72.9 cm³/mol. The Balaban J connectivity index is 2.11. The highest BCUT2D eigenvalue weighted by atomic mass is 16.5. The molecule has 0 spiro atoms. The highest BCUT2D eigenvalue weighted by Gasteiger charge is 2.43. The van der Waals surface area contributed by atoms with Crippen LogP contribution in [0.5, 0.6) is 0 Å². The van der Waals surface area contributed by atoms with E-state index >= 15 is 0 Å². The zero-order chi connectivity index (χ0) is 13.9. The van der Waals surface area contributed by atoms with Gasteiger partial charge in [0, 0.05) is 20.1 Å². The summed E-state index contributed by atoms with van der Waals surface area (Å²) < 4.78 is 11.1. The lowest BCUT2D eigenvalue weighted by Crippen LogP contribution is -2.37. The van der Waals surface area contributed by atoms with Gasteiger partial charge in [-0.15, -0.1) is 0 Å². The van der Waals surface area contributed by atoms with Crippen LogP contribution < -0.4 is 5.32 Å². The summed E-state index contributed by atoms with van der Waals surface area (Å²) >= 11 is 0. The Morgan fingerprint density at radius 3 is 2.53 bits per heavy atom. The SMILES string of the molecule is CNCCc1nc(C2(OC)CCC(C)(C)CC2)no1. The van der Waals surface area contributed by atoms with Gasteiger partial charge in [-0.1, -0.05) is 19.0 Å². The smallest absolute Gasteiger partial charge is 0.228 e. The molecule has 0 unspecified atom stereocenters. The van der Waals surface area contributed by atoms with E-state index < -0.39 is 0 Å². The Kier molecular flexibility index (Phi) is 4.26. The summed E-state index contributed by atoms with van der Waals surface area (Å²) in [5.41, 5.74) is 0.0393. The Hall–Kier alpha value is -0.940. The molecule has 1 aliphatic carbocycles. The van der Waals surface area contributed by atoms with E-state index in [0.29, 0.717) is 11.3 Å². The maximum absolute atomic E-state index is 5.78. The van der Waals surface area contributed by atoms with Crippen molar-refractivity contribution in [2.24, 2.45) is 5.41 Å². The van der Waals surface area contributed by atoms with Crippen molar-refractivity contribution in [2.75, 3.05) is 20.7 Å². The van der Waals surface area contributed by atoms with Gasteiger partial charge in [-0.3, -0.25) is 0 Å². The van der Waals surface area contributed by atoms with E-state index in [-0.39, 0.29) is 5.60 Å². The molecule has 1 saturated carbocycles. The van der Waals surface area contributed by atoms with Crippen molar-refractivity contribution >= 4 is 0 Å². The average molecular weight is 267 g/mol. The summed E-state index contributed by atoms with van der Waals surface area (Å²) in [7, 11) is 3.67. The lowest BCUT2D eigenvalue weighted by Gasteiger charge is -2.40. The molecule has 0 aromatic carbocycles. The second kappa shape index (κ2) is 5.59. The van der Waals surface area contributed by atoms with E-state index in [1.165, 1.54) is 0 Å². The van der Waals surface area contributed by atoms with E-state index in [2.05, 4.69) is 29.3 Å². The van der Waals surface area contributed by atoms with Crippen LogP contribution in [0.1, 0.15) is 51.2 Å². The molecule has 1 aromatic rings. The van der Waals surface area contributed by atoms with Gasteiger partial charge in [0.25, 0.3) is 0 Å². The minimum atomic E-state index is -0.350. The van der Waals surface area contributed by atoms with Gasteiger partial charge < -0.3 is 14.6 Å². The first-order valence-corrected chi connectivity index (χ1v) is 7.04. The van der Waals surface area contributed by atoms with Gasteiger partial charge in [0.1, 0.15) is 5.60 Å². The number of nitrogens with zero attached hydrogens (tertiary/aromatic N) is 2. The maximum Gasteiger partial charge on any atom is 0.228 e. The fourth-order valence-electron chi connectivity index (χ4n) is 2.62. The van der Waals surface area contributed by atoms with Crippen molar-refractivity contribution < 1.29 is 9.26 Å². The van der Waals surface area contributed by atoms with Crippen molar-refractivity contribution in [3.63, 3.8) is 0 Å². The standard InChI is InChI=1S/C14H25N3O2/c1-13(2)6-8-14(18-4,9-7-13)12-16-11(19-17-12)5-10-15-3/h15H,5-10H2,1-4H3. The van der Waals surface area contributed by atoms with Crippen LogP contribution in [0.15, 0.2) is 4.52 Å². The molecule has 0 radical (unpaired) electrons. The van der Waals surface area contributed by atoms with Crippen molar-refractivity contribution in [1.29, 1.82) is 0 Å². The largest absolute Gasteiger partial charge is 0.370 e. The second-order valence-corrected chi connectivity index (χ2v) is 6.23. The van der Waals surface area contributed by atoms with Crippen molar-refractivity contribution in [1.82, 2.24) is 15.5 Å². The Morgan fingerprint density at radius 1 is 1.26 bits per heavy atom. The third-order valence-corrected chi connectivity index (χ3v) is 4.27. The molecule has 1 heterocycles. The van der Waals surface area contributed by atoms with Crippen molar-refractivity contribution in [3.8, 4) is 0 Å².